The summed E-state index contributed by atoms with van der Waals surface area (Å²) in [5.74, 6) is -0.0265. The van der Waals surface area contributed by atoms with E-state index in [-0.39, 0.29) is 18.7 Å². The predicted octanol–water partition coefficient (Wildman–Crippen LogP) is 7.27. The number of carbonyl (C=O) groups is 1. The van der Waals surface area contributed by atoms with E-state index < -0.39 is 0 Å². The molecule has 0 aliphatic carbocycles. The standard InChI is InChI=1S/C27H55NO3/c1-4-7-10-12-14-16-19-26(20-17-15-13-11-8-5-2)31-27(30)21-18-23-28(24-25-29)22-9-6-3/h26,29H,4-25H2,1-3H3. The van der Waals surface area contributed by atoms with Crippen molar-refractivity contribution in [3.8, 4) is 0 Å². The molecule has 4 nitrogen and oxygen atoms in total. The minimum atomic E-state index is -0.0265. The molecule has 0 rings (SSSR count). The fourth-order valence-corrected chi connectivity index (χ4v) is 4.12. The average Bonchev–Trinajstić information content (AvgIpc) is 2.76. The van der Waals surface area contributed by atoms with Crippen LogP contribution < -0.4 is 0 Å². The number of hydrogen-bond acceptors (Lipinski definition) is 4. The van der Waals surface area contributed by atoms with Gasteiger partial charge in [0.05, 0.1) is 6.61 Å². The quantitative estimate of drug-likeness (QED) is 0.126. The molecule has 0 aliphatic rings. The van der Waals surface area contributed by atoms with Gasteiger partial charge in [0.15, 0.2) is 0 Å². The van der Waals surface area contributed by atoms with Gasteiger partial charge in [-0.05, 0) is 51.6 Å². The number of aliphatic hydroxyl groups excluding tert-OH is 1. The van der Waals surface area contributed by atoms with Crippen LogP contribution in [-0.4, -0.2) is 48.3 Å². The Labute approximate surface area is 194 Å². The van der Waals surface area contributed by atoms with E-state index >= 15 is 0 Å². The smallest absolute Gasteiger partial charge is 0.306 e. The molecule has 0 aromatic carbocycles. The van der Waals surface area contributed by atoms with Crippen LogP contribution in [0.5, 0.6) is 0 Å². The Balaban J connectivity index is 4.24. The lowest BCUT2D eigenvalue weighted by molar-refractivity contribution is -0.150. The average molecular weight is 442 g/mol. The fourth-order valence-electron chi connectivity index (χ4n) is 4.12. The second-order valence-electron chi connectivity index (χ2n) is 9.25. The van der Waals surface area contributed by atoms with Gasteiger partial charge in [-0.2, -0.15) is 0 Å². The van der Waals surface area contributed by atoms with Crippen molar-refractivity contribution in [1.82, 2.24) is 4.90 Å². The Morgan fingerprint density at radius 1 is 0.677 bits per heavy atom. The second-order valence-corrected chi connectivity index (χ2v) is 9.25. The van der Waals surface area contributed by atoms with Crippen molar-refractivity contribution in [2.24, 2.45) is 0 Å². The van der Waals surface area contributed by atoms with Crippen molar-refractivity contribution in [1.29, 1.82) is 0 Å². The lowest BCUT2D eigenvalue weighted by atomic mass is 10.0. The first-order valence-corrected chi connectivity index (χ1v) is 13.7. The Hall–Kier alpha value is -0.610. The van der Waals surface area contributed by atoms with Crippen molar-refractivity contribution < 1.29 is 14.6 Å². The molecule has 0 saturated heterocycles. The zero-order valence-corrected chi connectivity index (χ0v) is 21.3. The number of carbonyl (C=O) groups excluding carboxylic acids is 1. The summed E-state index contributed by atoms with van der Waals surface area (Å²) in [6, 6.07) is 0. The summed E-state index contributed by atoms with van der Waals surface area (Å²) < 4.78 is 5.92. The van der Waals surface area contributed by atoms with Crippen molar-refractivity contribution >= 4 is 5.97 Å². The van der Waals surface area contributed by atoms with E-state index in [1.807, 2.05) is 0 Å². The molecule has 0 atom stereocenters. The van der Waals surface area contributed by atoms with Crippen LogP contribution in [0, 0.1) is 0 Å². The fraction of sp³-hybridized carbons (Fsp3) is 0.963. The first-order chi connectivity index (χ1) is 15.2. The van der Waals surface area contributed by atoms with Gasteiger partial charge in [-0.25, -0.2) is 0 Å². The third-order valence-electron chi connectivity index (χ3n) is 6.16. The zero-order valence-electron chi connectivity index (χ0n) is 21.3. The molecule has 1 N–H and O–H groups in total. The molecule has 0 amide bonds. The summed E-state index contributed by atoms with van der Waals surface area (Å²) in [5, 5.41) is 9.23. The van der Waals surface area contributed by atoms with Crippen molar-refractivity contribution in [2.45, 2.75) is 142 Å². The van der Waals surface area contributed by atoms with Crippen LogP contribution in [0.3, 0.4) is 0 Å². The summed E-state index contributed by atoms with van der Waals surface area (Å²) in [7, 11) is 0. The Bertz CT molecular complexity index is 359. The van der Waals surface area contributed by atoms with E-state index in [4.69, 9.17) is 4.74 Å². The molecule has 0 bridgehead atoms. The molecule has 0 radical (unpaired) electrons. The topological polar surface area (TPSA) is 49.8 Å². The number of rotatable bonds is 24. The molecular formula is C27H55NO3. The van der Waals surface area contributed by atoms with Crippen LogP contribution in [0.15, 0.2) is 0 Å². The summed E-state index contributed by atoms with van der Waals surface area (Å²) >= 11 is 0. The molecule has 0 aliphatic heterocycles. The van der Waals surface area contributed by atoms with Gasteiger partial charge < -0.3 is 14.7 Å². The number of unbranched alkanes of at least 4 members (excludes halogenated alkanes) is 11. The SMILES string of the molecule is CCCCCCCCC(CCCCCCCC)OC(=O)CCCN(CCO)CCCC. The van der Waals surface area contributed by atoms with Crippen LogP contribution in [0.25, 0.3) is 0 Å². The first kappa shape index (κ1) is 30.4. The maximum absolute atomic E-state index is 12.5. The minimum absolute atomic E-state index is 0.0265. The maximum Gasteiger partial charge on any atom is 0.306 e. The van der Waals surface area contributed by atoms with E-state index in [2.05, 4.69) is 25.7 Å². The van der Waals surface area contributed by atoms with E-state index in [0.717, 1.165) is 45.2 Å². The Morgan fingerprint density at radius 2 is 1.16 bits per heavy atom. The van der Waals surface area contributed by atoms with Gasteiger partial charge in [0, 0.05) is 13.0 Å². The molecule has 0 spiro atoms. The van der Waals surface area contributed by atoms with E-state index in [1.54, 1.807) is 0 Å². The largest absolute Gasteiger partial charge is 0.462 e. The number of hydrogen-bond donors (Lipinski definition) is 1. The van der Waals surface area contributed by atoms with Crippen LogP contribution >= 0.6 is 0 Å². The molecule has 186 valence electrons. The van der Waals surface area contributed by atoms with Gasteiger partial charge in [-0.3, -0.25) is 4.79 Å². The van der Waals surface area contributed by atoms with Gasteiger partial charge >= 0.3 is 5.97 Å². The zero-order chi connectivity index (χ0) is 23.0. The Kier molecular flexibility index (Phi) is 23.6. The summed E-state index contributed by atoms with van der Waals surface area (Å²) in [6.45, 7) is 9.45. The molecule has 0 aromatic heterocycles. The van der Waals surface area contributed by atoms with E-state index in [0.29, 0.717) is 13.0 Å². The lowest BCUT2D eigenvalue weighted by Crippen LogP contribution is -2.29. The summed E-state index contributed by atoms with van der Waals surface area (Å²) in [4.78, 5) is 14.7. The molecule has 4 heteroatoms. The highest BCUT2D eigenvalue weighted by Crippen LogP contribution is 2.17. The number of aliphatic hydroxyl groups is 1. The molecule has 31 heavy (non-hydrogen) atoms. The minimum Gasteiger partial charge on any atom is -0.462 e. The van der Waals surface area contributed by atoms with E-state index in [9.17, 15) is 9.90 Å². The summed E-state index contributed by atoms with van der Waals surface area (Å²) in [5.41, 5.74) is 0. The molecule has 0 unspecified atom stereocenters. The van der Waals surface area contributed by atoms with Crippen LogP contribution in [0.2, 0.25) is 0 Å². The normalized spacial score (nSPS) is 11.5. The van der Waals surface area contributed by atoms with Crippen molar-refractivity contribution in [2.75, 3.05) is 26.2 Å². The van der Waals surface area contributed by atoms with Gasteiger partial charge in [-0.1, -0.05) is 91.4 Å². The van der Waals surface area contributed by atoms with Crippen molar-refractivity contribution in [3.63, 3.8) is 0 Å². The van der Waals surface area contributed by atoms with Crippen LogP contribution in [0.4, 0.5) is 0 Å². The third-order valence-corrected chi connectivity index (χ3v) is 6.16. The van der Waals surface area contributed by atoms with Gasteiger partial charge in [0.25, 0.3) is 0 Å². The monoisotopic (exact) mass is 441 g/mol. The number of esters is 1. The molecule has 0 fully saturated rings. The van der Waals surface area contributed by atoms with Gasteiger partial charge in [0.2, 0.25) is 0 Å². The molecular weight excluding hydrogens is 386 g/mol. The van der Waals surface area contributed by atoms with Crippen LogP contribution in [0.1, 0.15) is 136 Å². The number of ether oxygens (including phenoxy) is 1. The predicted molar refractivity (Wildman–Crippen MR) is 134 cm³/mol. The molecule has 0 aromatic rings. The third kappa shape index (κ3) is 21.0. The van der Waals surface area contributed by atoms with Gasteiger partial charge in [0.1, 0.15) is 6.10 Å². The number of nitrogens with zero attached hydrogens (tertiary/aromatic N) is 1. The summed E-state index contributed by atoms with van der Waals surface area (Å²) in [6.07, 6.45) is 21.2. The molecule has 0 heterocycles. The van der Waals surface area contributed by atoms with Gasteiger partial charge in [-0.15, -0.1) is 0 Å². The van der Waals surface area contributed by atoms with E-state index in [1.165, 1.54) is 77.0 Å². The first-order valence-electron chi connectivity index (χ1n) is 13.7. The van der Waals surface area contributed by atoms with Crippen molar-refractivity contribution in [3.05, 3.63) is 0 Å². The highest BCUT2D eigenvalue weighted by atomic mass is 16.5. The van der Waals surface area contributed by atoms with Crippen LogP contribution in [-0.2, 0) is 9.53 Å². The highest BCUT2D eigenvalue weighted by Gasteiger charge is 2.15. The maximum atomic E-state index is 12.5. The highest BCUT2D eigenvalue weighted by molar-refractivity contribution is 5.69. The lowest BCUT2D eigenvalue weighted by Gasteiger charge is -2.21. The Morgan fingerprint density at radius 3 is 1.68 bits per heavy atom. The molecule has 0 saturated carbocycles. The second kappa shape index (κ2) is 24.0.